The summed E-state index contributed by atoms with van der Waals surface area (Å²) in [5, 5.41) is 4.39. The van der Waals surface area contributed by atoms with E-state index in [4.69, 9.17) is 0 Å². The quantitative estimate of drug-likeness (QED) is 0.910. The number of aromatic nitrogens is 1. The molecule has 0 spiro atoms. The summed E-state index contributed by atoms with van der Waals surface area (Å²) in [5.41, 5.74) is 5.12. The second kappa shape index (κ2) is 5.63. The Balaban J connectivity index is 2.38. The minimum absolute atomic E-state index is 0.985. The molecule has 1 aromatic heterocycles. The van der Waals surface area contributed by atoms with Crippen LogP contribution < -0.4 is 5.32 Å². The van der Waals surface area contributed by atoms with E-state index in [2.05, 4.69) is 49.3 Å². The number of thiazole rings is 1. The second-order valence-electron chi connectivity index (χ2n) is 4.69. The van der Waals surface area contributed by atoms with Crippen molar-refractivity contribution in [3.63, 3.8) is 0 Å². The van der Waals surface area contributed by atoms with E-state index in [-0.39, 0.29) is 0 Å². The first-order valence-electron chi connectivity index (χ1n) is 6.30. The van der Waals surface area contributed by atoms with Gasteiger partial charge >= 0.3 is 0 Å². The van der Waals surface area contributed by atoms with Gasteiger partial charge in [-0.05, 0) is 38.9 Å². The summed E-state index contributed by atoms with van der Waals surface area (Å²) >= 11 is 1.82. The maximum absolute atomic E-state index is 4.67. The van der Waals surface area contributed by atoms with Crippen molar-refractivity contribution < 1.29 is 0 Å². The molecule has 1 N–H and O–H groups in total. The zero-order valence-corrected chi connectivity index (χ0v) is 12.3. The van der Waals surface area contributed by atoms with Gasteiger partial charge < -0.3 is 5.32 Å². The van der Waals surface area contributed by atoms with E-state index >= 15 is 0 Å². The summed E-state index contributed by atoms with van der Waals surface area (Å²) in [6.45, 7) is 7.40. The Morgan fingerprint density at radius 2 is 2.00 bits per heavy atom. The molecule has 1 aromatic carbocycles. The molecule has 0 aliphatic heterocycles. The van der Waals surface area contributed by atoms with Crippen molar-refractivity contribution in [2.75, 3.05) is 13.6 Å². The van der Waals surface area contributed by atoms with Crippen LogP contribution in [0, 0.1) is 20.8 Å². The molecule has 0 amide bonds. The molecule has 0 aliphatic carbocycles. The second-order valence-corrected chi connectivity index (χ2v) is 5.78. The van der Waals surface area contributed by atoms with Crippen molar-refractivity contribution in [2.24, 2.45) is 0 Å². The van der Waals surface area contributed by atoms with Gasteiger partial charge in [0.05, 0.1) is 15.6 Å². The molecule has 0 fully saturated rings. The van der Waals surface area contributed by atoms with Gasteiger partial charge in [0, 0.05) is 13.0 Å². The first-order chi connectivity index (χ1) is 8.61. The lowest BCUT2D eigenvalue weighted by Gasteiger charge is -2.05. The average molecular weight is 260 g/mol. The number of benzene rings is 1. The number of hydrogen-bond donors (Lipinski definition) is 1. The lowest BCUT2D eigenvalue weighted by atomic mass is 10.0. The van der Waals surface area contributed by atoms with Crippen LogP contribution >= 0.6 is 11.3 Å². The number of likely N-dealkylation sites (N-methyl/N-ethyl adjacent to an activating group) is 1. The molecule has 0 aliphatic rings. The fourth-order valence-corrected chi connectivity index (χ4v) is 3.17. The van der Waals surface area contributed by atoms with Gasteiger partial charge in [0.25, 0.3) is 0 Å². The summed E-state index contributed by atoms with van der Waals surface area (Å²) in [6, 6.07) is 6.62. The van der Waals surface area contributed by atoms with Crippen molar-refractivity contribution in [3.8, 4) is 10.4 Å². The van der Waals surface area contributed by atoms with Crippen LogP contribution in [0.15, 0.2) is 18.2 Å². The van der Waals surface area contributed by atoms with Crippen molar-refractivity contribution >= 4 is 11.3 Å². The molecule has 0 atom stereocenters. The first kappa shape index (κ1) is 13.2. The van der Waals surface area contributed by atoms with Gasteiger partial charge in [0.15, 0.2) is 0 Å². The minimum atomic E-state index is 0.985. The fourth-order valence-electron chi connectivity index (χ4n) is 2.02. The van der Waals surface area contributed by atoms with Crippen LogP contribution in [0.25, 0.3) is 10.4 Å². The Hall–Kier alpha value is -1.19. The highest BCUT2D eigenvalue weighted by molar-refractivity contribution is 7.15. The van der Waals surface area contributed by atoms with E-state index in [0.29, 0.717) is 0 Å². The van der Waals surface area contributed by atoms with Crippen LogP contribution in [-0.4, -0.2) is 18.6 Å². The van der Waals surface area contributed by atoms with Gasteiger partial charge in [-0.3, -0.25) is 0 Å². The smallest absolute Gasteiger partial charge is 0.0947 e. The standard InChI is InChI=1S/C15H20N2S/c1-10-5-6-11(2)13(9-10)15-12(3)17-14(18-15)7-8-16-4/h5-6,9,16H,7-8H2,1-4H3. The Kier molecular flexibility index (Phi) is 4.15. The lowest BCUT2D eigenvalue weighted by Crippen LogP contribution is -2.09. The third-order valence-corrected chi connectivity index (χ3v) is 4.32. The van der Waals surface area contributed by atoms with E-state index in [1.54, 1.807) is 0 Å². The maximum Gasteiger partial charge on any atom is 0.0947 e. The molecule has 0 bridgehead atoms. The predicted molar refractivity (Wildman–Crippen MR) is 79.4 cm³/mol. The number of rotatable bonds is 4. The highest BCUT2D eigenvalue weighted by Crippen LogP contribution is 2.33. The van der Waals surface area contributed by atoms with Crippen LogP contribution in [-0.2, 0) is 6.42 Å². The van der Waals surface area contributed by atoms with Gasteiger partial charge in [-0.1, -0.05) is 23.8 Å². The molecule has 96 valence electrons. The van der Waals surface area contributed by atoms with Crippen molar-refractivity contribution in [1.82, 2.24) is 10.3 Å². The molecule has 2 nitrogen and oxygen atoms in total. The number of hydrogen-bond acceptors (Lipinski definition) is 3. The average Bonchev–Trinajstić information content (AvgIpc) is 2.71. The van der Waals surface area contributed by atoms with Crippen molar-refractivity contribution in [1.29, 1.82) is 0 Å². The highest BCUT2D eigenvalue weighted by Gasteiger charge is 2.11. The summed E-state index contributed by atoms with van der Waals surface area (Å²) in [7, 11) is 1.98. The van der Waals surface area contributed by atoms with Crippen LogP contribution in [0.2, 0.25) is 0 Å². The zero-order chi connectivity index (χ0) is 13.1. The molecule has 2 rings (SSSR count). The van der Waals surface area contributed by atoms with Gasteiger partial charge in [0.1, 0.15) is 0 Å². The van der Waals surface area contributed by atoms with Gasteiger partial charge in [0.2, 0.25) is 0 Å². The van der Waals surface area contributed by atoms with E-state index in [0.717, 1.165) is 18.7 Å². The molecule has 3 heteroatoms. The summed E-state index contributed by atoms with van der Waals surface area (Å²) in [4.78, 5) is 6.00. The van der Waals surface area contributed by atoms with Crippen LogP contribution in [0.4, 0.5) is 0 Å². The van der Waals surface area contributed by atoms with E-state index < -0.39 is 0 Å². The monoisotopic (exact) mass is 260 g/mol. The topological polar surface area (TPSA) is 24.9 Å². The third-order valence-electron chi connectivity index (χ3n) is 3.07. The minimum Gasteiger partial charge on any atom is -0.319 e. The van der Waals surface area contributed by atoms with E-state index in [9.17, 15) is 0 Å². The first-order valence-corrected chi connectivity index (χ1v) is 7.12. The molecular weight excluding hydrogens is 240 g/mol. The third kappa shape index (κ3) is 2.79. The summed E-state index contributed by atoms with van der Waals surface area (Å²) in [5.74, 6) is 0. The van der Waals surface area contributed by atoms with Crippen LogP contribution in [0.5, 0.6) is 0 Å². The Morgan fingerprint density at radius 3 is 2.72 bits per heavy atom. The van der Waals surface area contributed by atoms with Crippen LogP contribution in [0.3, 0.4) is 0 Å². The Labute approximate surface area is 113 Å². The SMILES string of the molecule is CNCCc1nc(C)c(-c2cc(C)ccc2C)s1. The number of nitrogens with one attached hydrogen (secondary N) is 1. The maximum atomic E-state index is 4.67. The van der Waals surface area contributed by atoms with Gasteiger partial charge in [-0.15, -0.1) is 11.3 Å². The Morgan fingerprint density at radius 1 is 1.22 bits per heavy atom. The molecular formula is C15H20N2S. The van der Waals surface area contributed by atoms with E-state index in [1.807, 2.05) is 18.4 Å². The highest BCUT2D eigenvalue weighted by atomic mass is 32.1. The molecule has 1 heterocycles. The van der Waals surface area contributed by atoms with Crippen LogP contribution in [0.1, 0.15) is 21.8 Å². The number of nitrogens with zero attached hydrogens (tertiary/aromatic N) is 1. The van der Waals surface area contributed by atoms with Crippen molar-refractivity contribution in [3.05, 3.63) is 40.0 Å². The molecule has 0 saturated heterocycles. The molecule has 0 saturated carbocycles. The molecule has 18 heavy (non-hydrogen) atoms. The predicted octanol–water partition coefficient (Wildman–Crippen LogP) is 3.50. The fraction of sp³-hybridized carbons (Fsp3) is 0.400. The summed E-state index contributed by atoms with van der Waals surface area (Å²) in [6.07, 6.45) is 1.01. The molecule has 0 radical (unpaired) electrons. The number of aryl methyl sites for hydroxylation is 3. The Bertz CT molecular complexity index is 543. The van der Waals surface area contributed by atoms with E-state index in [1.165, 1.54) is 26.6 Å². The molecule has 2 aromatic rings. The van der Waals surface area contributed by atoms with Crippen molar-refractivity contribution in [2.45, 2.75) is 27.2 Å². The van der Waals surface area contributed by atoms with Gasteiger partial charge in [-0.25, -0.2) is 4.98 Å². The van der Waals surface area contributed by atoms with Gasteiger partial charge in [-0.2, -0.15) is 0 Å². The lowest BCUT2D eigenvalue weighted by molar-refractivity contribution is 0.786. The largest absolute Gasteiger partial charge is 0.319 e. The molecule has 0 unspecified atom stereocenters. The summed E-state index contributed by atoms with van der Waals surface area (Å²) < 4.78 is 0. The normalized spacial score (nSPS) is 10.9. The zero-order valence-electron chi connectivity index (χ0n) is 11.5.